The van der Waals surface area contributed by atoms with E-state index in [4.69, 9.17) is 10.2 Å². The Labute approximate surface area is 194 Å². The first-order valence-corrected chi connectivity index (χ1v) is 12.1. The van der Waals surface area contributed by atoms with Crippen LogP contribution in [0.4, 0.5) is 5.82 Å². The number of nitrogens with zero attached hydrogens (tertiary/aromatic N) is 4. The number of aromatic amines is 1. The fourth-order valence-corrected chi connectivity index (χ4v) is 5.10. The first-order chi connectivity index (χ1) is 15.9. The predicted molar refractivity (Wildman–Crippen MR) is 125 cm³/mol. The molecule has 0 bridgehead atoms. The fraction of sp³-hybridized carbons (Fsp3) is 0.500. The van der Waals surface area contributed by atoms with Crippen LogP contribution in [0, 0.1) is 5.92 Å². The summed E-state index contributed by atoms with van der Waals surface area (Å²) >= 11 is 1.21. The Morgan fingerprint density at radius 2 is 2.03 bits per heavy atom. The number of ketones is 1. The molecule has 0 radical (unpaired) electrons. The molecule has 11 heteroatoms. The summed E-state index contributed by atoms with van der Waals surface area (Å²) in [5.41, 5.74) is 4.50. The van der Waals surface area contributed by atoms with E-state index in [0.717, 1.165) is 25.7 Å². The fourth-order valence-electron chi connectivity index (χ4n) is 4.22. The molecule has 0 aliphatic heterocycles. The molecule has 0 aromatic carbocycles. The summed E-state index contributed by atoms with van der Waals surface area (Å²) in [6, 6.07) is 3.85. The highest BCUT2D eigenvalue weighted by Crippen LogP contribution is 2.35. The summed E-state index contributed by atoms with van der Waals surface area (Å²) in [4.78, 5) is 39.8. The van der Waals surface area contributed by atoms with Crippen molar-refractivity contribution in [3.05, 3.63) is 44.8 Å². The number of nitrogens with two attached hydrogens (primary N) is 1. The molecule has 0 amide bonds. The van der Waals surface area contributed by atoms with Crippen LogP contribution in [-0.2, 0) is 6.54 Å². The Balaban J connectivity index is 1.62. The third-order valence-corrected chi connectivity index (χ3v) is 6.69. The number of hydrogen-bond donors (Lipinski definition) is 2. The van der Waals surface area contributed by atoms with Crippen molar-refractivity contribution >= 4 is 23.4 Å². The average Bonchev–Trinajstić information content (AvgIpc) is 3.45. The van der Waals surface area contributed by atoms with Crippen molar-refractivity contribution in [1.82, 2.24) is 24.3 Å². The zero-order valence-electron chi connectivity index (χ0n) is 18.7. The number of aromatic nitrogens is 5. The Kier molecular flexibility index (Phi) is 6.87. The number of carbonyl (C=O) groups is 1. The SMILES string of the molecule is CC(C)Cn1c(N)c(C(=O)CSc2nnc(-c3ccco3)n2C2CCCCC2)c(=O)[nH]c1=O. The second-order valence-electron chi connectivity index (χ2n) is 8.68. The van der Waals surface area contributed by atoms with Crippen molar-refractivity contribution in [3.8, 4) is 11.6 Å². The minimum atomic E-state index is -0.770. The second-order valence-corrected chi connectivity index (χ2v) is 9.62. The lowest BCUT2D eigenvalue weighted by atomic mass is 9.95. The molecule has 0 spiro atoms. The molecule has 3 N–H and O–H groups in total. The molecule has 1 fully saturated rings. The minimum Gasteiger partial charge on any atom is -0.461 e. The van der Waals surface area contributed by atoms with E-state index in [-0.39, 0.29) is 29.1 Å². The van der Waals surface area contributed by atoms with Crippen LogP contribution in [0.2, 0.25) is 0 Å². The maximum absolute atomic E-state index is 13.0. The molecule has 3 heterocycles. The van der Waals surface area contributed by atoms with Gasteiger partial charge >= 0.3 is 5.69 Å². The van der Waals surface area contributed by atoms with Crippen molar-refractivity contribution in [2.24, 2.45) is 5.92 Å². The summed E-state index contributed by atoms with van der Waals surface area (Å²) in [7, 11) is 0. The summed E-state index contributed by atoms with van der Waals surface area (Å²) in [5, 5.41) is 9.24. The summed E-state index contributed by atoms with van der Waals surface area (Å²) in [5.74, 6) is 0.734. The molecular formula is C22H28N6O4S. The summed E-state index contributed by atoms with van der Waals surface area (Å²) in [6.07, 6.45) is 7.02. The number of H-pyrrole nitrogens is 1. The standard InChI is InChI=1S/C22H28N6O4S/c1-13(2)11-27-18(23)17(20(30)24-21(27)31)15(29)12-33-22-26-25-19(16-9-6-10-32-16)28(22)14-7-4-3-5-8-14/h6,9-10,13-14H,3-5,7-8,11-12,23H2,1-2H3,(H,24,30,31). The van der Waals surface area contributed by atoms with E-state index in [0.29, 0.717) is 23.3 Å². The lowest BCUT2D eigenvalue weighted by molar-refractivity contribution is 0.102. The molecule has 1 aliphatic carbocycles. The van der Waals surface area contributed by atoms with Crippen molar-refractivity contribution in [2.45, 2.75) is 63.7 Å². The highest BCUT2D eigenvalue weighted by Gasteiger charge is 2.26. The molecule has 3 aromatic rings. The first kappa shape index (κ1) is 23.1. The first-order valence-electron chi connectivity index (χ1n) is 11.1. The Bertz CT molecular complexity index is 1230. The third-order valence-electron chi connectivity index (χ3n) is 5.74. The van der Waals surface area contributed by atoms with Gasteiger partial charge in [0.25, 0.3) is 5.56 Å². The van der Waals surface area contributed by atoms with Gasteiger partial charge in [-0.2, -0.15) is 0 Å². The molecule has 0 saturated heterocycles. The van der Waals surface area contributed by atoms with E-state index in [1.807, 2.05) is 24.5 Å². The number of nitrogens with one attached hydrogen (secondary N) is 1. The molecule has 33 heavy (non-hydrogen) atoms. The maximum Gasteiger partial charge on any atom is 0.329 e. The zero-order valence-corrected chi connectivity index (χ0v) is 19.6. The highest BCUT2D eigenvalue weighted by atomic mass is 32.2. The van der Waals surface area contributed by atoms with Gasteiger partial charge in [-0.15, -0.1) is 10.2 Å². The maximum atomic E-state index is 13.0. The molecule has 176 valence electrons. The molecule has 3 aromatic heterocycles. The van der Waals surface area contributed by atoms with Crippen LogP contribution in [0.15, 0.2) is 37.6 Å². The van der Waals surface area contributed by atoms with Crippen LogP contribution in [0.25, 0.3) is 11.6 Å². The van der Waals surface area contributed by atoms with E-state index in [1.165, 1.54) is 22.7 Å². The predicted octanol–water partition coefficient (Wildman–Crippen LogP) is 3.11. The van der Waals surface area contributed by atoms with Gasteiger partial charge in [0.2, 0.25) is 5.82 Å². The van der Waals surface area contributed by atoms with Gasteiger partial charge in [-0.1, -0.05) is 44.9 Å². The molecule has 10 nitrogen and oxygen atoms in total. The van der Waals surface area contributed by atoms with Gasteiger partial charge in [-0.05, 0) is 30.9 Å². The third kappa shape index (κ3) is 4.82. The number of thioether (sulfide) groups is 1. The molecular weight excluding hydrogens is 444 g/mol. The van der Waals surface area contributed by atoms with Gasteiger partial charge in [-0.3, -0.25) is 23.7 Å². The van der Waals surface area contributed by atoms with E-state index < -0.39 is 17.0 Å². The van der Waals surface area contributed by atoms with Gasteiger partial charge in [-0.25, -0.2) is 4.79 Å². The molecule has 0 unspecified atom stereocenters. The molecule has 0 atom stereocenters. The van der Waals surface area contributed by atoms with Gasteiger partial charge in [0, 0.05) is 12.6 Å². The van der Waals surface area contributed by atoms with Gasteiger partial charge in [0.1, 0.15) is 11.4 Å². The molecule has 1 saturated carbocycles. The Hall–Kier alpha value is -3.08. The van der Waals surface area contributed by atoms with Crippen LogP contribution in [0.3, 0.4) is 0 Å². The average molecular weight is 473 g/mol. The minimum absolute atomic E-state index is 0.0594. The number of rotatable bonds is 8. The largest absolute Gasteiger partial charge is 0.461 e. The van der Waals surface area contributed by atoms with Crippen LogP contribution < -0.4 is 17.0 Å². The monoisotopic (exact) mass is 472 g/mol. The van der Waals surface area contributed by atoms with Crippen molar-refractivity contribution in [2.75, 3.05) is 11.5 Å². The van der Waals surface area contributed by atoms with Crippen molar-refractivity contribution in [1.29, 1.82) is 0 Å². The molecule has 1 aliphatic rings. The number of anilines is 1. The number of furan rings is 1. The summed E-state index contributed by atoms with van der Waals surface area (Å²) < 4.78 is 8.84. The number of carbonyl (C=O) groups excluding carboxylic acids is 1. The van der Waals surface area contributed by atoms with Crippen LogP contribution in [0.1, 0.15) is 62.4 Å². The van der Waals surface area contributed by atoms with E-state index >= 15 is 0 Å². The summed E-state index contributed by atoms with van der Waals surface area (Å²) in [6.45, 7) is 4.14. The van der Waals surface area contributed by atoms with E-state index in [1.54, 1.807) is 12.3 Å². The van der Waals surface area contributed by atoms with Crippen LogP contribution >= 0.6 is 11.8 Å². The normalized spacial score (nSPS) is 14.8. The van der Waals surface area contributed by atoms with Crippen LogP contribution in [-0.4, -0.2) is 35.9 Å². The lowest BCUT2D eigenvalue weighted by Crippen LogP contribution is -2.37. The van der Waals surface area contributed by atoms with Crippen LogP contribution in [0.5, 0.6) is 0 Å². The number of nitrogen functional groups attached to an aromatic ring is 1. The van der Waals surface area contributed by atoms with E-state index in [2.05, 4.69) is 15.2 Å². The topological polar surface area (TPSA) is 142 Å². The Morgan fingerprint density at radius 3 is 2.70 bits per heavy atom. The second kappa shape index (κ2) is 9.82. The van der Waals surface area contributed by atoms with Gasteiger partial charge < -0.3 is 10.2 Å². The van der Waals surface area contributed by atoms with Gasteiger partial charge in [0.05, 0.1) is 12.0 Å². The van der Waals surface area contributed by atoms with Crippen molar-refractivity contribution in [3.63, 3.8) is 0 Å². The molecule has 4 rings (SSSR count). The zero-order chi connectivity index (χ0) is 23.5. The quantitative estimate of drug-likeness (QED) is 0.376. The number of Topliss-reactive ketones (excluding diaryl/α,β-unsaturated/α-hetero) is 1. The Morgan fingerprint density at radius 1 is 1.27 bits per heavy atom. The number of hydrogen-bond acceptors (Lipinski definition) is 8. The smallest absolute Gasteiger partial charge is 0.329 e. The lowest BCUT2D eigenvalue weighted by Gasteiger charge is -2.25. The van der Waals surface area contributed by atoms with Crippen molar-refractivity contribution < 1.29 is 9.21 Å². The highest BCUT2D eigenvalue weighted by molar-refractivity contribution is 7.99. The van der Waals surface area contributed by atoms with E-state index in [9.17, 15) is 14.4 Å². The van der Waals surface area contributed by atoms with Gasteiger partial charge in [0.15, 0.2) is 16.7 Å².